The fourth-order valence-electron chi connectivity index (χ4n) is 0.776. The lowest BCUT2D eigenvalue weighted by Crippen LogP contribution is -2.19. The standard InChI is InChI=1S/C7H8ClN3O/c1-4-10-5(7(12)9-2)3-6(8)11-4/h3H,1-2H3,(H,9,12). The number of carbonyl (C=O) groups is 1. The molecule has 1 heterocycles. The molecule has 0 bridgehead atoms. The predicted molar refractivity (Wildman–Crippen MR) is 45.2 cm³/mol. The number of rotatable bonds is 1. The molecule has 0 aliphatic rings. The minimum absolute atomic E-state index is 0.262. The zero-order valence-corrected chi connectivity index (χ0v) is 7.51. The number of hydrogen-bond acceptors (Lipinski definition) is 3. The van der Waals surface area contributed by atoms with Crippen molar-refractivity contribution in [2.24, 2.45) is 0 Å². The zero-order chi connectivity index (χ0) is 9.14. The first-order chi connectivity index (χ1) is 5.63. The Morgan fingerprint density at radius 1 is 1.58 bits per heavy atom. The summed E-state index contributed by atoms with van der Waals surface area (Å²) in [7, 11) is 1.54. The monoisotopic (exact) mass is 185 g/mol. The Balaban J connectivity index is 3.08. The van der Waals surface area contributed by atoms with E-state index in [-0.39, 0.29) is 16.8 Å². The van der Waals surface area contributed by atoms with Gasteiger partial charge >= 0.3 is 0 Å². The number of amides is 1. The lowest BCUT2D eigenvalue weighted by molar-refractivity contribution is 0.0957. The second kappa shape index (κ2) is 3.49. The fourth-order valence-corrected chi connectivity index (χ4v) is 1.00. The molecule has 1 amide bonds. The third kappa shape index (κ3) is 1.92. The van der Waals surface area contributed by atoms with Crippen molar-refractivity contribution in [3.63, 3.8) is 0 Å². The van der Waals surface area contributed by atoms with Gasteiger partial charge in [0.1, 0.15) is 16.7 Å². The molecule has 5 heteroatoms. The molecule has 0 spiro atoms. The summed E-state index contributed by atoms with van der Waals surface area (Å²) in [6.07, 6.45) is 0. The maximum atomic E-state index is 11.1. The second-order valence-corrected chi connectivity index (χ2v) is 2.59. The van der Waals surface area contributed by atoms with E-state index in [2.05, 4.69) is 15.3 Å². The van der Waals surface area contributed by atoms with Gasteiger partial charge in [-0.2, -0.15) is 0 Å². The molecule has 0 radical (unpaired) electrons. The van der Waals surface area contributed by atoms with Crippen LogP contribution in [0.2, 0.25) is 5.15 Å². The fraction of sp³-hybridized carbons (Fsp3) is 0.286. The first kappa shape index (κ1) is 8.93. The van der Waals surface area contributed by atoms with Crippen LogP contribution in [0.1, 0.15) is 16.3 Å². The molecule has 0 aromatic carbocycles. The topological polar surface area (TPSA) is 54.9 Å². The van der Waals surface area contributed by atoms with Gasteiger partial charge in [-0.25, -0.2) is 9.97 Å². The SMILES string of the molecule is CNC(=O)c1cc(Cl)nc(C)n1. The number of aromatic nitrogens is 2. The molecule has 1 N–H and O–H groups in total. The van der Waals surface area contributed by atoms with Crippen molar-refractivity contribution in [2.45, 2.75) is 6.92 Å². The van der Waals surface area contributed by atoms with E-state index in [0.29, 0.717) is 5.82 Å². The van der Waals surface area contributed by atoms with Gasteiger partial charge in [0.25, 0.3) is 5.91 Å². The van der Waals surface area contributed by atoms with E-state index < -0.39 is 0 Å². The molecule has 1 aromatic rings. The molecule has 12 heavy (non-hydrogen) atoms. The van der Waals surface area contributed by atoms with Crippen LogP contribution in [0, 0.1) is 6.92 Å². The molecule has 0 aliphatic carbocycles. The van der Waals surface area contributed by atoms with Crippen LogP contribution in [0.4, 0.5) is 0 Å². The number of halogens is 1. The molecule has 0 fully saturated rings. The van der Waals surface area contributed by atoms with Crippen LogP contribution in [0.15, 0.2) is 6.07 Å². The third-order valence-corrected chi connectivity index (χ3v) is 1.46. The minimum Gasteiger partial charge on any atom is -0.354 e. The Labute approximate surface area is 75.0 Å². The highest BCUT2D eigenvalue weighted by molar-refractivity contribution is 6.29. The number of hydrogen-bond donors (Lipinski definition) is 1. The molecule has 0 saturated carbocycles. The van der Waals surface area contributed by atoms with Crippen molar-refractivity contribution < 1.29 is 4.79 Å². The summed E-state index contributed by atoms with van der Waals surface area (Å²) in [4.78, 5) is 18.8. The van der Waals surface area contributed by atoms with Crippen LogP contribution >= 0.6 is 11.6 Å². The van der Waals surface area contributed by atoms with Crippen LogP contribution < -0.4 is 5.32 Å². The Bertz CT molecular complexity index is 293. The highest BCUT2D eigenvalue weighted by Crippen LogP contribution is 2.06. The summed E-state index contributed by atoms with van der Waals surface area (Å²) in [5.41, 5.74) is 0.287. The van der Waals surface area contributed by atoms with Crippen molar-refractivity contribution in [1.29, 1.82) is 0 Å². The van der Waals surface area contributed by atoms with E-state index >= 15 is 0 Å². The summed E-state index contributed by atoms with van der Waals surface area (Å²) in [5.74, 6) is 0.225. The average molecular weight is 186 g/mol. The lowest BCUT2D eigenvalue weighted by Gasteiger charge is -1.99. The molecule has 1 rings (SSSR count). The van der Waals surface area contributed by atoms with Gasteiger partial charge in [0.2, 0.25) is 0 Å². The quantitative estimate of drug-likeness (QED) is 0.659. The molecular weight excluding hydrogens is 178 g/mol. The molecule has 0 aliphatic heterocycles. The Morgan fingerprint density at radius 3 is 2.75 bits per heavy atom. The van der Waals surface area contributed by atoms with Crippen LogP contribution in [0.25, 0.3) is 0 Å². The van der Waals surface area contributed by atoms with Gasteiger partial charge in [0, 0.05) is 13.1 Å². The van der Waals surface area contributed by atoms with Crippen molar-refractivity contribution in [3.8, 4) is 0 Å². The minimum atomic E-state index is -0.262. The molecule has 4 nitrogen and oxygen atoms in total. The van der Waals surface area contributed by atoms with Gasteiger partial charge in [-0.3, -0.25) is 4.79 Å². The first-order valence-electron chi connectivity index (χ1n) is 3.36. The van der Waals surface area contributed by atoms with Gasteiger partial charge in [-0.05, 0) is 6.92 Å². The third-order valence-electron chi connectivity index (χ3n) is 1.27. The molecule has 1 aromatic heterocycles. The summed E-state index contributed by atoms with van der Waals surface area (Å²) < 4.78 is 0. The van der Waals surface area contributed by atoms with Crippen molar-refractivity contribution in [1.82, 2.24) is 15.3 Å². The van der Waals surface area contributed by atoms with Gasteiger partial charge in [-0.1, -0.05) is 11.6 Å². The van der Waals surface area contributed by atoms with Gasteiger partial charge in [0.05, 0.1) is 0 Å². The second-order valence-electron chi connectivity index (χ2n) is 2.20. The van der Waals surface area contributed by atoms with Crippen LogP contribution in [-0.4, -0.2) is 22.9 Å². The van der Waals surface area contributed by atoms with Crippen molar-refractivity contribution in [3.05, 3.63) is 22.7 Å². The molecule has 0 unspecified atom stereocenters. The number of aryl methyl sites for hydroxylation is 1. The summed E-state index contributed by atoms with van der Waals surface area (Å²) in [6, 6.07) is 1.42. The van der Waals surface area contributed by atoms with Gasteiger partial charge < -0.3 is 5.32 Å². The maximum Gasteiger partial charge on any atom is 0.269 e. The predicted octanol–water partition coefficient (Wildman–Crippen LogP) is 0.798. The summed E-state index contributed by atoms with van der Waals surface area (Å²) >= 11 is 5.62. The van der Waals surface area contributed by atoms with E-state index in [1.165, 1.54) is 13.1 Å². The van der Waals surface area contributed by atoms with Crippen LogP contribution in [-0.2, 0) is 0 Å². The van der Waals surface area contributed by atoms with E-state index in [1.807, 2.05) is 0 Å². The van der Waals surface area contributed by atoms with E-state index in [1.54, 1.807) is 6.92 Å². The number of carbonyl (C=O) groups excluding carboxylic acids is 1. The smallest absolute Gasteiger partial charge is 0.269 e. The Morgan fingerprint density at radius 2 is 2.25 bits per heavy atom. The highest BCUT2D eigenvalue weighted by Gasteiger charge is 2.06. The Kier molecular flexibility index (Phi) is 2.60. The molecule has 0 saturated heterocycles. The normalized spacial score (nSPS) is 9.58. The van der Waals surface area contributed by atoms with Crippen molar-refractivity contribution in [2.75, 3.05) is 7.05 Å². The molecule has 0 atom stereocenters. The van der Waals surface area contributed by atoms with Crippen LogP contribution in [0.3, 0.4) is 0 Å². The van der Waals surface area contributed by atoms with Gasteiger partial charge in [-0.15, -0.1) is 0 Å². The largest absolute Gasteiger partial charge is 0.354 e. The number of nitrogens with zero attached hydrogens (tertiary/aromatic N) is 2. The van der Waals surface area contributed by atoms with E-state index in [9.17, 15) is 4.79 Å². The summed E-state index contributed by atoms with van der Waals surface area (Å²) in [6.45, 7) is 1.68. The first-order valence-corrected chi connectivity index (χ1v) is 3.74. The number of nitrogens with one attached hydrogen (secondary N) is 1. The summed E-state index contributed by atoms with van der Waals surface area (Å²) in [5, 5.41) is 2.73. The highest BCUT2D eigenvalue weighted by atomic mass is 35.5. The zero-order valence-electron chi connectivity index (χ0n) is 6.76. The molecule has 64 valence electrons. The average Bonchev–Trinajstić information content (AvgIpc) is 2.01. The Hall–Kier alpha value is -1.16. The van der Waals surface area contributed by atoms with Gasteiger partial charge in [0.15, 0.2) is 0 Å². The van der Waals surface area contributed by atoms with Crippen LogP contribution in [0.5, 0.6) is 0 Å². The molecular formula is C7H8ClN3O. The van der Waals surface area contributed by atoms with Crippen molar-refractivity contribution >= 4 is 17.5 Å². The van der Waals surface area contributed by atoms with E-state index in [4.69, 9.17) is 11.6 Å². The van der Waals surface area contributed by atoms with E-state index in [0.717, 1.165) is 0 Å². The maximum absolute atomic E-state index is 11.1. The lowest BCUT2D eigenvalue weighted by atomic mass is 10.4.